The molecule has 180 valence electrons. The Kier molecular flexibility index (Phi) is 5.51. The number of benzene rings is 2. The molecule has 2 aromatic carbocycles. The fourth-order valence-electron chi connectivity index (χ4n) is 5.85. The highest BCUT2D eigenvalue weighted by Crippen LogP contribution is 2.42. The number of rotatable bonds is 6. The van der Waals surface area contributed by atoms with Crippen LogP contribution in [0.15, 0.2) is 53.3 Å². The lowest BCUT2D eigenvalue weighted by molar-refractivity contribution is 0.340. The number of nitrogens with one attached hydrogen (secondary N) is 1. The summed E-state index contributed by atoms with van der Waals surface area (Å²) in [6.07, 6.45) is 5.38. The van der Waals surface area contributed by atoms with Crippen molar-refractivity contribution in [3.8, 4) is 5.75 Å². The van der Waals surface area contributed by atoms with Gasteiger partial charge in [-0.25, -0.2) is 4.68 Å². The van der Waals surface area contributed by atoms with Crippen LogP contribution >= 0.6 is 0 Å². The lowest BCUT2D eigenvalue weighted by Gasteiger charge is -2.34. The van der Waals surface area contributed by atoms with Crippen LogP contribution in [0.4, 0.5) is 5.69 Å². The third kappa shape index (κ3) is 3.77. The highest BCUT2D eigenvalue weighted by atomic mass is 16.5. The first-order valence-electron chi connectivity index (χ1n) is 12.6. The van der Waals surface area contributed by atoms with E-state index in [1.54, 1.807) is 0 Å². The number of H-pyrrole nitrogens is 1. The Balaban J connectivity index is 1.56. The van der Waals surface area contributed by atoms with E-state index >= 15 is 0 Å². The largest absolute Gasteiger partial charge is 0.494 e. The summed E-state index contributed by atoms with van der Waals surface area (Å²) in [5, 5.41) is 14.0. The quantitative estimate of drug-likeness (QED) is 0.444. The van der Waals surface area contributed by atoms with Crippen LogP contribution in [0.25, 0.3) is 10.9 Å². The topological polar surface area (TPSA) is 88.9 Å². The number of fused-ring (bicyclic) bond motifs is 2. The minimum atomic E-state index is -0.409. The summed E-state index contributed by atoms with van der Waals surface area (Å²) < 4.78 is 7.71. The van der Waals surface area contributed by atoms with Gasteiger partial charge in [0.25, 0.3) is 5.56 Å². The molecule has 8 heteroatoms. The van der Waals surface area contributed by atoms with Crippen molar-refractivity contribution in [2.75, 3.05) is 11.5 Å². The zero-order valence-electron chi connectivity index (χ0n) is 20.1. The Morgan fingerprint density at radius 2 is 1.97 bits per heavy atom. The molecule has 3 heterocycles. The summed E-state index contributed by atoms with van der Waals surface area (Å²) >= 11 is 0. The van der Waals surface area contributed by atoms with E-state index in [0.29, 0.717) is 12.2 Å². The molecule has 6 rings (SSSR count). The number of hydrogen-bond donors (Lipinski definition) is 1. The van der Waals surface area contributed by atoms with Crippen LogP contribution in [0.5, 0.6) is 5.75 Å². The third-order valence-electron chi connectivity index (χ3n) is 7.42. The van der Waals surface area contributed by atoms with Crippen molar-refractivity contribution in [2.45, 2.75) is 64.1 Å². The second-order valence-corrected chi connectivity index (χ2v) is 9.65. The fraction of sp³-hybridized carbons (Fsp3) is 0.407. The molecule has 1 aliphatic carbocycles. The van der Waals surface area contributed by atoms with Gasteiger partial charge < -0.3 is 14.6 Å². The average molecular weight is 471 g/mol. The maximum Gasteiger partial charge on any atom is 0.254 e. The van der Waals surface area contributed by atoms with Gasteiger partial charge in [-0.2, -0.15) is 0 Å². The first-order valence-corrected chi connectivity index (χ1v) is 12.6. The maximum absolute atomic E-state index is 13.6. The number of pyridine rings is 1. The molecule has 4 aromatic rings. The van der Waals surface area contributed by atoms with E-state index in [1.165, 1.54) is 18.4 Å². The van der Waals surface area contributed by atoms with Crippen LogP contribution < -0.4 is 15.2 Å². The number of para-hydroxylation sites is 1. The first-order chi connectivity index (χ1) is 17.1. The Morgan fingerprint density at radius 3 is 2.80 bits per heavy atom. The van der Waals surface area contributed by atoms with Gasteiger partial charge in [-0.15, -0.1) is 5.10 Å². The van der Waals surface area contributed by atoms with E-state index in [9.17, 15) is 4.79 Å². The summed E-state index contributed by atoms with van der Waals surface area (Å²) in [6, 6.07) is 16.2. The van der Waals surface area contributed by atoms with Gasteiger partial charge in [0.05, 0.1) is 12.6 Å². The van der Waals surface area contributed by atoms with Crippen LogP contribution in [-0.2, 0) is 6.42 Å². The Morgan fingerprint density at radius 1 is 1.14 bits per heavy atom. The molecule has 0 unspecified atom stereocenters. The molecule has 0 amide bonds. The number of aromatic amines is 1. The number of ether oxygens (including phenoxy) is 1. The van der Waals surface area contributed by atoms with Crippen molar-refractivity contribution in [3.05, 3.63) is 75.8 Å². The summed E-state index contributed by atoms with van der Waals surface area (Å²) in [6.45, 7) is 4.76. The molecule has 1 N–H and O–H groups in total. The SMILES string of the molecule is CCOc1ccc2[nH]c(=O)c([C@H](c3nnnn3C3CCCC3)N3c4ccccc4C[C@@H]3C)cc2c1. The molecule has 2 aliphatic rings. The number of anilines is 1. The van der Waals surface area contributed by atoms with Crippen molar-refractivity contribution >= 4 is 16.6 Å². The number of nitrogens with zero attached hydrogens (tertiary/aromatic N) is 5. The molecule has 2 atom stereocenters. The van der Waals surface area contributed by atoms with Gasteiger partial charge in [0.15, 0.2) is 5.82 Å². The smallest absolute Gasteiger partial charge is 0.254 e. The number of aromatic nitrogens is 5. The van der Waals surface area contributed by atoms with Gasteiger partial charge >= 0.3 is 0 Å². The van der Waals surface area contributed by atoms with Gasteiger partial charge in [0, 0.05) is 28.2 Å². The van der Waals surface area contributed by atoms with Crippen LogP contribution in [0.2, 0.25) is 0 Å². The van der Waals surface area contributed by atoms with E-state index in [2.05, 4.69) is 56.6 Å². The van der Waals surface area contributed by atoms with Gasteiger partial charge in [-0.05, 0) is 79.4 Å². The summed E-state index contributed by atoms with van der Waals surface area (Å²) in [5.74, 6) is 1.51. The second-order valence-electron chi connectivity index (χ2n) is 9.65. The molecule has 1 fully saturated rings. The van der Waals surface area contributed by atoms with Crippen molar-refractivity contribution in [1.82, 2.24) is 25.2 Å². The minimum absolute atomic E-state index is 0.121. The van der Waals surface area contributed by atoms with E-state index in [-0.39, 0.29) is 17.6 Å². The molecule has 2 aromatic heterocycles. The first kappa shape index (κ1) is 21.8. The van der Waals surface area contributed by atoms with Crippen LogP contribution in [0.1, 0.15) is 68.6 Å². The molecule has 0 saturated heterocycles. The molecular weight excluding hydrogens is 440 g/mol. The highest BCUT2D eigenvalue weighted by Gasteiger charge is 2.39. The van der Waals surface area contributed by atoms with E-state index in [0.717, 1.165) is 47.4 Å². The van der Waals surface area contributed by atoms with Crippen molar-refractivity contribution in [3.63, 3.8) is 0 Å². The van der Waals surface area contributed by atoms with Crippen LogP contribution in [0.3, 0.4) is 0 Å². The molecule has 35 heavy (non-hydrogen) atoms. The van der Waals surface area contributed by atoms with Gasteiger partial charge in [0.2, 0.25) is 0 Å². The zero-order valence-corrected chi connectivity index (χ0v) is 20.1. The number of tetrazole rings is 1. The second kappa shape index (κ2) is 8.83. The monoisotopic (exact) mass is 470 g/mol. The van der Waals surface area contributed by atoms with Crippen molar-refractivity contribution in [2.24, 2.45) is 0 Å². The van der Waals surface area contributed by atoms with Gasteiger partial charge in [-0.3, -0.25) is 4.79 Å². The highest BCUT2D eigenvalue weighted by molar-refractivity contribution is 5.81. The average Bonchev–Trinajstić information content (AvgIpc) is 3.60. The van der Waals surface area contributed by atoms with Crippen molar-refractivity contribution in [1.29, 1.82) is 0 Å². The lowest BCUT2D eigenvalue weighted by Crippen LogP contribution is -2.39. The van der Waals surface area contributed by atoms with E-state index in [1.807, 2.05) is 35.9 Å². The maximum atomic E-state index is 13.6. The van der Waals surface area contributed by atoms with Gasteiger partial charge in [-0.1, -0.05) is 31.0 Å². The standard InChI is InChI=1S/C27H30N6O2/c1-3-35-21-12-13-23-19(15-21)16-22(27(34)28-23)25(26-29-30-31-33(26)20-9-5-6-10-20)32-17(2)14-18-8-4-7-11-24(18)32/h4,7-8,11-13,15-17,20,25H,3,5-6,9-10,14H2,1-2H3,(H,28,34)/t17-,25+/m0/s1. The molecule has 0 radical (unpaired) electrons. The molecule has 0 bridgehead atoms. The lowest BCUT2D eigenvalue weighted by atomic mass is 10.0. The molecule has 8 nitrogen and oxygen atoms in total. The van der Waals surface area contributed by atoms with Crippen molar-refractivity contribution < 1.29 is 4.74 Å². The predicted octanol–water partition coefficient (Wildman–Crippen LogP) is 4.57. The van der Waals surface area contributed by atoms with E-state index in [4.69, 9.17) is 4.74 Å². The Bertz CT molecular complexity index is 1420. The molecular formula is C27H30N6O2. The molecule has 1 aliphatic heterocycles. The predicted molar refractivity (Wildman–Crippen MR) is 135 cm³/mol. The Labute approximate surface area is 203 Å². The third-order valence-corrected chi connectivity index (χ3v) is 7.42. The normalized spacial score (nSPS) is 18.8. The fourth-order valence-corrected chi connectivity index (χ4v) is 5.85. The minimum Gasteiger partial charge on any atom is -0.494 e. The summed E-state index contributed by atoms with van der Waals surface area (Å²) in [5.41, 5.74) is 3.72. The Hall–Kier alpha value is -3.68. The molecule has 0 spiro atoms. The zero-order chi connectivity index (χ0) is 23.9. The summed E-state index contributed by atoms with van der Waals surface area (Å²) in [4.78, 5) is 19.0. The molecule has 1 saturated carbocycles. The van der Waals surface area contributed by atoms with Gasteiger partial charge in [0.1, 0.15) is 11.8 Å². The van der Waals surface area contributed by atoms with Crippen LogP contribution in [0, 0.1) is 0 Å². The number of hydrogen-bond acceptors (Lipinski definition) is 6. The van der Waals surface area contributed by atoms with E-state index < -0.39 is 6.04 Å². The summed E-state index contributed by atoms with van der Waals surface area (Å²) in [7, 11) is 0. The van der Waals surface area contributed by atoms with Crippen LogP contribution in [-0.4, -0.2) is 37.8 Å².